The first-order valence-corrected chi connectivity index (χ1v) is 10.8. The molecular weight excluding hydrogens is 518 g/mol. The summed E-state index contributed by atoms with van der Waals surface area (Å²) in [4.78, 5) is 24.6. The molecule has 0 aromatic carbocycles. The Kier molecular flexibility index (Phi) is 10.9. The van der Waals surface area contributed by atoms with Crippen molar-refractivity contribution in [3.8, 4) is 0 Å². The van der Waals surface area contributed by atoms with E-state index in [4.69, 9.17) is 33.7 Å². The quantitative estimate of drug-likeness (QED) is 0.542. The van der Waals surface area contributed by atoms with Gasteiger partial charge in [-0.15, -0.1) is 0 Å². The van der Waals surface area contributed by atoms with E-state index in [0.717, 1.165) is 31.8 Å². The van der Waals surface area contributed by atoms with Crippen molar-refractivity contribution in [1.29, 1.82) is 0 Å². The molecule has 15 heteroatoms. The van der Waals surface area contributed by atoms with E-state index in [1.165, 1.54) is 12.0 Å². The number of likely N-dealkylation sites (tertiary alicyclic amines) is 1. The van der Waals surface area contributed by atoms with E-state index in [2.05, 4.69) is 9.88 Å². The molecule has 0 spiro atoms. The number of hydrogen-bond donors (Lipinski definition) is 2. The standard InChI is InChI=1S/C18H22N2O3.2C2HF3O2/c1-2-7-19-15(4-1)13-23-17-11-20(10-14-6-9-21-12-14)16-5-3-8-22-18(16)17;2*3-2(4,5)1(6)7/h1-2,4,6-7,9,12,16-18H,3,5,8,10-11,13H2;2*(H,6,7)/t16-,17+,18+;;/m1../s1. The number of nitrogens with zero attached hydrogens (tertiary/aromatic N) is 2. The van der Waals surface area contributed by atoms with Crippen LogP contribution in [0.1, 0.15) is 24.1 Å². The Bertz CT molecular complexity index is 946. The predicted octanol–water partition coefficient (Wildman–Crippen LogP) is 3.89. The van der Waals surface area contributed by atoms with E-state index in [9.17, 15) is 26.3 Å². The lowest BCUT2D eigenvalue weighted by Gasteiger charge is -2.32. The molecule has 0 unspecified atom stereocenters. The first-order valence-electron chi connectivity index (χ1n) is 10.8. The number of ether oxygens (including phenoxy) is 2. The second kappa shape index (κ2) is 13.4. The number of halogens is 6. The number of carboxylic acid groups (broad SMARTS) is 2. The number of carbonyl (C=O) groups is 2. The van der Waals surface area contributed by atoms with Gasteiger partial charge in [0.1, 0.15) is 6.10 Å². The average molecular weight is 542 g/mol. The summed E-state index contributed by atoms with van der Waals surface area (Å²) in [7, 11) is 0. The number of carboxylic acids is 2. The van der Waals surface area contributed by atoms with Gasteiger partial charge in [-0.3, -0.25) is 9.88 Å². The zero-order valence-corrected chi connectivity index (χ0v) is 19.1. The molecule has 4 rings (SSSR count). The van der Waals surface area contributed by atoms with Crippen molar-refractivity contribution in [1.82, 2.24) is 9.88 Å². The average Bonchev–Trinajstić information content (AvgIpc) is 3.46. The van der Waals surface area contributed by atoms with Crippen LogP contribution in [-0.2, 0) is 32.2 Å². The third kappa shape index (κ3) is 10.0. The van der Waals surface area contributed by atoms with Crippen LogP contribution in [0.2, 0.25) is 0 Å². The molecule has 37 heavy (non-hydrogen) atoms. The Morgan fingerprint density at radius 3 is 2.24 bits per heavy atom. The molecule has 0 saturated carbocycles. The van der Waals surface area contributed by atoms with Crippen LogP contribution in [0.5, 0.6) is 0 Å². The highest BCUT2D eigenvalue weighted by Gasteiger charge is 2.44. The van der Waals surface area contributed by atoms with Crippen molar-refractivity contribution >= 4 is 11.9 Å². The number of fused-ring (bicyclic) bond motifs is 1. The molecule has 2 saturated heterocycles. The summed E-state index contributed by atoms with van der Waals surface area (Å²) in [6.07, 6.45) is -2.25. The van der Waals surface area contributed by atoms with Crippen molar-refractivity contribution in [2.24, 2.45) is 0 Å². The maximum atomic E-state index is 10.6. The minimum atomic E-state index is -5.08. The molecule has 0 amide bonds. The van der Waals surface area contributed by atoms with Gasteiger partial charge in [0.2, 0.25) is 0 Å². The van der Waals surface area contributed by atoms with Gasteiger partial charge in [-0.25, -0.2) is 9.59 Å². The summed E-state index contributed by atoms with van der Waals surface area (Å²) in [5, 5.41) is 14.2. The van der Waals surface area contributed by atoms with Gasteiger partial charge in [0.05, 0.1) is 30.9 Å². The number of hydrogen-bond acceptors (Lipinski definition) is 7. The van der Waals surface area contributed by atoms with Crippen molar-refractivity contribution in [2.75, 3.05) is 13.2 Å². The van der Waals surface area contributed by atoms with Crippen LogP contribution in [0.4, 0.5) is 26.3 Å². The summed E-state index contributed by atoms with van der Waals surface area (Å²) in [6.45, 7) is 3.17. The van der Waals surface area contributed by atoms with Crippen LogP contribution in [0.3, 0.4) is 0 Å². The van der Waals surface area contributed by atoms with E-state index >= 15 is 0 Å². The van der Waals surface area contributed by atoms with Gasteiger partial charge in [0.15, 0.2) is 0 Å². The molecule has 9 nitrogen and oxygen atoms in total. The highest BCUT2D eigenvalue weighted by Crippen LogP contribution is 2.32. The van der Waals surface area contributed by atoms with Gasteiger partial charge in [-0.05, 0) is 31.0 Å². The maximum absolute atomic E-state index is 10.6. The molecule has 2 N–H and O–H groups in total. The van der Waals surface area contributed by atoms with Crippen LogP contribution in [0.25, 0.3) is 0 Å². The van der Waals surface area contributed by atoms with Crippen LogP contribution >= 0.6 is 0 Å². The Hall–Kier alpha value is -3.17. The van der Waals surface area contributed by atoms with Gasteiger partial charge >= 0.3 is 24.3 Å². The Labute approximate surface area is 206 Å². The lowest BCUT2D eigenvalue weighted by atomic mass is 10.0. The largest absolute Gasteiger partial charge is 0.490 e. The third-order valence-corrected chi connectivity index (χ3v) is 5.21. The second-order valence-electron chi connectivity index (χ2n) is 7.88. The Balaban J connectivity index is 0.000000286. The predicted molar refractivity (Wildman–Crippen MR) is 112 cm³/mol. The fraction of sp³-hybridized carbons (Fsp3) is 0.500. The van der Waals surface area contributed by atoms with E-state index in [0.29, 0.717) is 12.6 Å². The summed E-state index contributed by atoms with van der Waals surface area (Å²) < 4.78 is 80.9. The molecule has 2 aromatic rings. The molecule has 4 heterocycles. The van der Waals surface area contributed by atoms with Crippen molar-refractivity contribution in [3.63, 3.8) is 0 Å². The van der Waals surface area contributed by atoms with Gasteiger partial charge in [0.25, 0.3) is 0 Å². The summed E-state index contributed by atoms with van der Waals surface area (Å²) in [6, 6.07) is 8.38. The molecule has 206 valence electrons. The van der Waals surface area contributed by atoms with Gasteiger partial charge in [-0.1, -0.05) is 6.07 Å². The molecule has 0 aliphatic carbocycles. The van der Waals surface area contributed by atoms with Gasteiger partial charge < -0.3 is 24.1 Å². The number of aliphatic carboxylic acids is 2. The Morgan fingerprint density at radius 2 is 1.73 bits per heavy atom. The van der Waals surface area contributed by atoms with Crippen molar-refractivity contribution < 1.29 is 60.0 Å². The van der Waals surface area contributed by atoms with Crippen LogP contribution in [-0.4, -0.2) is 75.8 Å². The first-order chi connectivity index (χ1) is 17.3. The summed E-state index contributed by atoms with van der Waals surface area (Å²) in [5.74, 6) is -5.51. The summed E-state index contributed by atoms with van der Waals surface area (Å²) in [5.41, 5.74) is 2.17. The van der Waals surface area contributed by atoms with Crippen molar-refractivity contribution in [2.45, 2.75) is 56.6 Å². The zero-order chi connectivity index (χ0) is 27.6. The van der Waals surface area contributed by atoms with E-state index in [-0.39, 0.29) is 12.2 Å². The lowest BCUT2D eigenvalue weighted by molar-refractivity contribution is -0.193. The number of pyridine rings is 1. The molecule has 2 fully saturated rings. The molecule has 2 aliphatic rings. The SMILES string of the molecule is O=C(O)C(F)(F)F.O=C(O)C(F)(F)F.c1ccc(CO[C@H]2CN(Cc3ccoc3)[C@@H]3CCCO[C@H]23)nc1. The van der Waals surface area contributed by atoms with E-state index < -0.39 is 24.3 Å². The number of rotatable bonds is 5. The fourth-order valence-corrected chi connectivity index (χ4v) is 3.63. The minimum absolute atomic E-state index is 0.106. The van der Waals surface area contributed by atoms with Crippen molar-refractivity contribution in [3.05, 3.63) is 54.2 Å². The van der Waals surface area contributed by atoms with Crippen LogP contribution in [0, 0.1) is 0 Å². The smallest absolute Gasteiger partial charge is 0.475 e. The first kappa shape index (κ1) is 30.1. The molecule has 3 atom stereocenters. The van der Waals surface area contributed by atoms with Gasteiger partial charge in [-0.2, -0.15) is 26.3 Å². The zero-order valence-electron chi connectivity index (χ0n) is 19.1. The van der Waals surface area contributed by atoms with E-state index in [1.807, 2.05) is 30.5 Å². The highest BCUT2D eigenvalue weighted by molar-refractivity contribution is 5.73. The number of alkyl halides is 6. The van der Waals surface area contributed by atoms with E-state index in [1.54, 1.807) is 12.5 Å². The van der Waals surface area contributed by atoms with Crippen LogP contribution in [0.15, 0.2) is 47.4 Å². The second-order valence-corrected chi connectivity index (χ2v) is 7.88. The molecule has 2 aromatic heterocycles. The topological polar surface area (TPSA) is 122 Å². The lowest BCUT2D eigenvalue weighted by Crippen LogP contribution is -2.41. The molecule has 0 bridgehead atoms. The minimum Gasteiger partial charge on any atom is -0.475 e. The monoisotopic (exact) mass is 542 g/mol. The summed E-state index contributed by atoms with van der Waals surface area (Å²) >= 11 is 0. The van der Waals surface area contributed by atoms with Gasteiger partial charge in [0, 0.05) is 37.5 Å². The molecular formula is C22H24F6N2O7. The number of aromatic nitrogens is 1. The third-order valence-electron chi connectivity index (χ3n) is 5.21. The normalized spacial score (nSPS) is 21.6. The molecule has 0 radical (unpaired) electrons. The Morgan fingerprint density at radius 1 is 1.08 bits per heavy atom. The van der Waals surface area contributed by atoms with Crippen LogP contribution < -0.4 is 0 Å². The maximum Gasteiger partial charge on any atom is 0.490 e. The molecule has 2 aliphatic heterocycles. The fourth-order valence-electron chi connectivity index (χ4n) is 3.63. The highest BCUT2D eigenvalue weighted by atomic mass is 19.4. The number of furan rings is 1.